The van der Waals surface area contributed by atoms with Crippen LogP contribution in [0.15, 0.2) is 29.5 Å². The molecule has 7 nitrogen and oxygen atoms in total. The van der Waals surface area contributed by atoms with Crippen LogP contribution in [0.2, 0.25) is 0 Å². The maximum atomic E-state index is 12.7. The second-order valence-corrected chi connectivity index (χ2v) is 7.56. The van der Waals surface area contributed by atoms with Gasteiger partial charge >= 0.3 is 5.97 Å². The largest absolute Gasteiger partial charge is 0.457 e. The summed E-state index contributed by atoms with van der Waals surface area (Å²) in [4.78, 5) is 34.1. The van der Waals surface area contributed by atoms with Crippen molar-refractivity contribution in [3.63, 3.8) is 0 Å². The highest BCUT2D eigenvalue weighted by atomic mass is 32.2. The third kappa shape index (κ3) is 5.26. The Balaban J connectivity index is 2.08. The Hall–Kier alpha value is -2.53. The van der Waals surface area contributed by atoms with E-state index in [2.05, 4.69) is 23.5 Å². The summed E-state index contributed by atoms with van der Waals surface area (Å²) in [6.07, 6.45) is 7.64. The van der Waals surface area contributed by atoms with Crippen LogP contribution >= 0.6 is 11.8 Å². The number of unbranched alkanes of at least 4 members (excludes halogenated alkanes) is 1. The molecule has 2 heterocycles. The molecule has 0 bridgehead atoms. The fourth-order valence-corrected chi connectivity index (χ4v) is 4.20. The van der Waals surface area contributed by atoms with Crippen molar-refractivity contribution < 1.29 is 14.3 Å². The maximum absolute atomic E-state index is 12.7. The van der Waals surface area contributed by atoms with Gasteiger partial charge in [0, 0.05) is 24.9 Å². The lowest BCUT2D eigenvalue weighted by molar-refractivity contribution is -0.137. The topological polar surface area (TPSA) is 99.1 Å². The first-order valence-corrected chi connectivity index (χ1v) is 10.4. The lowest BCUT2D eigenvalue weighted by Gasteiger charge is -2.15. The van der Waals surface area contributed by atoms with Crippen LogP contribution in [0.3, 0.4) is 0 Å². The molecule has 8 heteroatoms. The monoisotopic (exact) mass is 402 g/mol. The number of aromatic amines is 1. The molecule has 1 aliphatic rings. The number of carbonyl (C=O) groups is 2. The van der Waals surface area contributed by atoms with Crippen molar-refractivity contribution in [3.05, 3.63) is 41.0 Å². The van der Waals surface area contributed by atoms with Gasteiger partial charge in [-0.2, -0.15) is 5.26 Å². The van der Waals surface area contributed by atoms with Crippen molar-refractivity contribution in [1.29, 1.82) is 5.26 Å². The summed E-state index contributed by atoms with van der Waals surface area (Å²) in [6.45, 7) is 7.86. The summed E-state index contributed by atoms with van der Waals surface area (Å²) < 4.78 is 4.98. The molecule has 1 amide bonds. The fourth-order valence-electron chi connectivity index (χ4n) is 2.88. The highest BCUT2D eigenvalue weighted by Crippen LogP contribution is 2.39. The average molecular weight is 403 g/mol. The van der Waals surface area contributed by atoms with Crippen molar-refractivity contribution in [2.24, 2.45) is 0 Å². The number of carbonyl (C=O) groups excluding carboxylic acids is 2. The molecule has 1 aromatic heterocycles. The quantitative estimate of drug-likeness (QED) is 0.279. The minimum atomic E-state index is -0.731. The van der Waals surface area contributed by atoms with Gasteiger partial charge in [-0.15, -0.1) is 0 Å². The van der Waals surface area contributed by atoms with Gasteiger partial charge in [0.15, 0.2) is 5.57 Å². The molecule has 0 aliphatic carbocycles. The minimum absolute atomic E-state index is 0.0195. The zero-order chi connectivity index (χ0) is 20.5. The highest BCUT2D eigenvalue weighted by molar-refractivity contribution is 8.04. The van der Waals surface area contributed by atoms with E-state index in [1.807, 2.05) is 19.2 Å². The van der Waals surface area contributed by atoms with E-state index in [1.54, 1.807) is 0 Å². The molecule has 1 aromatic rings. The number of rotatable bonds is 10. The fraction of sp³-hybridized carbons (Fsp3) is 0.500. The molecule has 1 fully saturated rings. The number of nitriles is 1. The number of esters is 1. The van der Waals surface area contributed by atoms with Crippen LogP contribution in [0.25, 0.3) is 0 Å². The number of thioether (sulfide) groups is 1. The van der Waals surface area contributed by atoms with Crippen molar-refractivity contribution >= 4 is 23.6 Å². The number of hydrogen-bond acceptors (Lipinski definition) is 6. The van der Waals surface area contributed by atoms with E-state index in [4.69, 9.17) is 4.74 Å². The zero-order valence-electron chi connectivity index (χ0n) is 16.4. The summed E-state index contributed by atoms with van der Waals surface area (Å²) in [7, 11) is 0. The molecular formula is C20H26N4O3S. The Morgan fingerprint density at radius 1 is 1.50 bits per heavy atom. The molecule has 0 spiro atoms. The van der Waals surface area contributed by atoms with Crippen molar-refractivity contribution in [2.75, 3.05) is 13.2 Å². The molecule has 0 saturated carbocycles. The van der Waals surface area contributed by atoms with Crippen molar-refractivity contribution in [2.45, 2.75) is 51.2 Å². The van der Waals surface area contributed by atoms with Gasteiger partial charge in [-0.1, -0.05) is 37.8 Å². The third-order valence-corrected chi connectivity index (χ3v) is 5.71. The number of hydrogen-bond donors (Lipinski definition) is 1. The summed E-state index contributed by atoms with van der Waals surface area (Å²) in [5.74, 6) is 0.151. The van der Waals surface area contributed by atoms with Gasteiger partial charge in [0.05, 0.1) is 5.25 Å². The number of H-pyrrole nitrogens is 1. The van der Waals surface area contributed by atoms with Crippen LogP contribution in [-0.2, 0) is 27.2 Å². The summed E-state index contributed by atoms with van der Waals surface area (Å²) in [5.41, 5.74) is 0.860. The Labute approximate surface area is 169 Å². The molecule has 2 rings (SSSR count). The number of nitrogens with zero attached hydrogens (tertiary/aromatic N) is 3. The Bertz CT molecular complexity index is 794. The highest BCUT2D eigenvalue weighted by Gasteiger charge is 2.39. The molecule has 150 valence electrons. The average Bonchev–Trinajstić information content (AvgIpc) is 3.27. The normalized spacial score (nSPS) is 18.1. The van der Waals surface area contributed by atoms with E-state index in [0.29, 0.717) is 24.4 Å². The van der Waals surface area contributed by atoms with Crippen molar-refractivity contribution in [1.82, 2.24) is 14.9 Å². The van der Waals surface area contributed by atoms with E-state index < -0.39 is 5.97 Å². The van der Waals surface area contributed by atoms with Crippen LogP contribution in [0, 0.1) is 11.3 Å². The van der Waals surface area contributed by atoms with Crippen LogP contribution in [0.5, 0.6) is 0 Å². The first-order valence-electron chi connectivity index (χ1n) is 9.48. The molecule has 1 aliphatic heterocycles. The summed E-state index contributed by atoms with van der Waals surface area (Å²) in [6, 6.07) is 1.89. The molecule has 0 radical (unpaired) electrons. The molecule has 0 aromatic carbocycles. The third-order valence-electron chi connectivity index (χ3n) is 4.34. The Morgan fingerprint density at radius 2 is 2.29 bits per heavy atom. The summed E-state index contributed by atoms with van der Waals surface area (Å²) in [5, 5.41) is 9.46. The maximum Gasteiger partial charge on any atom is 0.351 e. The number of aromatic nitrogens is 2. The molecule has 1 atom stereocenters. The molecular weight excluding hydrogens is 376 g/mol. The Kier molecular flexibility index (Phi) is 8.33. The van der Waals surface area contributed by atoms with E-state index in [1.165, 1.54) is 22.7 Å². The number of nitrogens with one attached hydrogen (secondary N) is 1. The smallest absolute Gasteiger partial charge is 0.351 e. The molecule has 28 heavy (non-hydrogen) atoms. The lowest BCUT2D eigenvalue weighted by Crippen LogP contribution is -2.29. The number of amides is 1. The molecule has 1 N–H and O–H groups in total. The van der Waals surface area contributed by atoms with Gasteiger partial charge in [0.1, 0.15) is 23.5 Å². The summed E-state index contributed by atoms with van der Waals surface area (Å²) >= 11 is 1.26. The number of ether oxygens (including phenoxy) is 1. The van der Waals surface area contributed by atoms with Crippen molar-refractivity contribution in [3.8, 4) is 6.07 Å². The number of aryl methyl sites for hydroxylation is 2. The minimum Gasteiger partial charge on any atom is -0.457 e. The zero-order valence-corrected chi connectivity index (χ0v) is 17.2. The van der Waals surface area contributed by atoms with E-state index in [9.17, 15) is 14.9 Å². The standard InChI is InChI=1S/C20H26N4O3S/c1-4-7-8-17-22-13-14(23-17)9-10-16-18(25)24(6-3)19(28-16)15(12-21)20(26)27-11-5-2/h5,13,16H,2,4,6-11H2,1,3H3,(H,22,23). The van der Waals surface area contributed by atoms with Crippen LogP contribution in [-0.4, -0.2) is 45.1 Å². The number of imidazole rings is 1. The SMILES string of the molecule is C=CCOC(=O)C(C#N)=C1SC(CCc2cnc(CCCC)[nH]2)C(=O)N1CC. The van der Waals surface area contributed by atoms with Crippen LogP contribution < -0.4 is 0 Å². The predicted molar refractivity (Wildman–Crippen MR) is 108 cm³/mol. The van der Waals surface area contributed by atoms with Gasteiger partial charge in [0.2, 0.25) is 5.91 Å². The Morgan fingerprint density at radius 3 is 2.93 bits per heavy atom. The molecule has 1 unspecified atom stereocenters. The van der Waals surface area contributed by atoms with E-state index in [0.717, 1.165) is 30.8 Å². The van der Waals surface area contributed by atoms with Crippen LogP contribution in [0.4, 0.5) is 0 Å². The first-order chi connectivity index (χ1) is 13.5. The second kappa shape index (κ2) is 10.7. The van der Waals surface area contributed by atoms with Gasteiger partial charge in [-0.05, 0) is 26.2 Å². The lowest BCUT2D eigenvalue weighted by atomic mass is 10.2. The van der Waals surface area contributed by atoms with E-state index in [-0.39, 0.29) is 23.3 Å². The second-order valence-electron chi connectivity index (χ2n) is 6.37. The van der Waals surface area contributed by atoms with Crippen LogP contribution in [0.1, 0.15) is 44.6 Å². The molecule has 1 saturated heterocycles. The predicted octanol–water partition coefficient (Wildman–Crippen LogP) is 3.11. The first kappa shape index (κ1) is 21.8. The van der Waals surface area contributed by atoms with Gasteiger partial charge in [0.25, 0.3) is 0 Å². The van der Waals surface area contributed by atoms with Gasteiger partial charge in [-0.25, -0.2) is 9.78 Å². The van der Waals surface area contributed by atoms with E-state index >= 15 is 0 Å². The van der Waals surface area contributed by atoms with Gasteiger partial charge < -0.3 is 14.6 Å². The van der Waals surface area contributed by atoms with Gasteiger partial charge in [-0.3, -0.25) is 4.79 Å².